The molecule has 5 heteroatoms. The predicted molar refractivity (Wildman–Crippen MR) is 95.1 cm³/mol. The number of rotatable bonds is 6. The van der Waals surface area contributed by atoms with Crippen LogP contribution in [-0.4, -0.2) is 11.2 Å². The summed E-state index contributed by atoms with van der Waals surface area (Å²) in [5.41, 5.74) is 7.82. The van der Waals surface area contributed by atoms with Crippen LogP contribution in [0.4, 0.5) is 5.69 Å². The van der Waals surface area contributed by atoms with Crippen molar-refractivity contribution in [2.75, 3.05) is 11.6 Å². The number of nitrogens with one attached hydrogen (secondary N) is 1. The molecule has 0 aliphatic carbocycles. The van der Waals surface area contributed by atoms with E-state index in [1.54, 1.807) is 11.8 Å². The molecule has 0 bridgehead atoms. The van der Waals surface area contributed by atoms with E-state index < -0.39 is 0 Å². The van der Waals surface area contributed by atoms with Crippen LogP contribution in [0.25, 0.3) is 0 Å². The fraction of sp³-hybridized carbons (Fsp3) is 0.267. The molecule has 2 aromatic rings. The van der Waals surface area contributed by atoms with Crippen LogP contribution < -0.4 is 11.1 Å². The van der Waals surface area contributed by atoms with Crippen LogP contribution >= 0.6 is 35.3 Å². The van der Waals surface area contributed by atoms with Crippen molar-refractivity contribution < 1.29 is 0 Å². The molecule has 2 rings (SSSR count). The first-order valence-corrected chi connectivity index (χ1v) is 8.89. The Hall–Kier alpha value is -1.04. The number of hydrogen-bond donors (Lipinski definition) is 2. The molecule has 2 nitrogen and oxygen atoms in total. The first-order valence-electron chi connectivity index (χ1n) is 6.44. The zero-order chi connectivity index (χ0) is 14.5. The van der Waals surface area contributed by atoms with Gasteiger partial charge < -0.3 is 11.1 Å². The normalized spacial score (nSPS) is 10.5. The average molecular weight is 323 g/mol. The minimum atomic E-state index is 0.442. The topological polar surface area (TPSA) is 38.0 Å². The van der Waals surface area contributed by atoms with Crippen molar-refractivity contribution in [1.29, 1.82) is 0 Å². The maximum Gasteiger partial charge on any atom is 0.107 e. The molecule has 0 aliphatic rings. The highest BCUT2D eigenvalue weighted by atomic mass is 32.2. The van der Waals surface area contributed by atoms with Crippen LogP contribution in [0.2, 0.25) is 0 Å². The molecule has 0 fully saturated rings. The highest BCUT2D eigenvalue weighted by Crippen LogP contribution is 2.28. The number of anilines is 1. The predicted octanol–water partition coefficient (Wildman–Crippen LogP) is 4.28. The highest BCUT2D eigenvalue weighted by Gasteiger charge is 2.10. The molecule has 1 heterocycles. The molecule has 0 spiro atoms. The van der Waals surface area contributed by atoms with Gasteiger partial charge in [0.05, 0.1) is 0 Å². The molecule has 0 unspecified atom stereocenters. The summed E-state index contributed by atoms with van der Waals surface area (Å²) in [4.78, 5) is 4.29. The summed E-state index contributed by atoms with van der Waals surface area (Å²) in [6, 6.07) is 10.5. The van der Waals surface area contributed by atoms with Crippen molar-refractivity contribution >= 4 is 46.0 Å². The Balaban J connectivity index is 2.18. The molecule has 0 saturated heterocycles. The van der Waals surface area contributed by atoms with E-state index in [0.29, 0.717) is 4.99 Å². The van der Waals surface area contributed by atoms with Crippen molar-refractivity contribution in [3.05, 3.63) is 45.6 Å². The summed E-state index contributed by atoms with van der Waals surface area (Å²) in [6.45, 7) is 2.98. The van der Waals surface area contributed by atoms with Crippen molar-refractivity contribution in [1.82, 2.24) is 0 Å². The lowest BCUT2D eigenvalue weighted by molar-refractivity contribution is 1.18. The van der Waals surface area contributed by atoms with Crippen molar-refractivity contribution in [2.24, 2.45) is 5.73 Å². The van der Waals surface area contributed by atoms with E-state index >= 15 is 0 Å². The van der Waals surface area contributed by atoms with Gasteiger partial charge in [-0.15, -0.1) is 23.1 Å². The molecular formula is C15H18N2S3. The Kier molecular flexibility index (Phi) is 5.46. The number of aryl methyl sites for hydroxylation is 1. The largest absolute Gasteiger partial charge is 0.389 e. The molecule has 106 valence electrons. The Labute approximate surface area is 133 Å². The average Bonchev–Trinajstić information content (AvgIpc) is 2.92. The Morgan fingerprint density at radius 2 is 2.05 bits per heavy atom. The van der Waals surface area contributed by atoms with E-state index in [1.165, 1.54) is 9.75 Å². The second-order valence-electron chi connectivity index (χ2n) is 4.32. The van der Waals surface area contributed by atoms with Gasteiger partial charge in [0.25, 0.3) is 0 Å². The van der Waals surface area contributed by atoms with Gasteiger partial charge in [-0.25, -0.2) is 0 Å². The van der Waals surface area contributed by atoms with Gasteiger partial charge >= 0.3 is 0 Å². The summed E-state index contributed by atoms with van der Waals surface area (Å²) in [5, 5.41) is 3.45. The third-order valence-electron chi connectivity index (χ3n) is 3.01. The molecular weight excluding hydrogens is 304 g/mol. The Morgan fingerprint density at radius 3 is 2.65 bits per heavy atom. The quantitative estimate of drug-likeness (QED) is 0.615. The van der Waals surface area contributed by atoms with Crippen LogP contribution in [0.1, 0.15) is 22.2 Å². The third kappa shape index (κ3) is 3.53. The van der Waals surface area contributed by atoms with Gasteiger partial charge in [-0.2, -0.15) is 0 Å². The minimum absolute atomic E-state index is 0.442. The maximum absolute atomic E-state index is 5.87. The molecule has 0 aliphatic heterocycles. The van der Waals surface area contributed by atoms with Crippen LogP contribution in [0.3, 0.4) is 0 Å². The summed E-state index contributed by atoms with van der Waals surface area (Å²) >= 11 is 8.69. The summed E-state index contributed by atoms with van der Waals surface area (Å²) in [5.74, 6) is 0. The van der Waals surface area contributed by atoms with Gasteiger partial charge in [-0.3, -0.25) is 0 Å². The standard InChI is InChI=1S/C15H18N2S3/c1-3-10-7-8-11(20-10)9-17-12-5-4-6-13(19-2)14(12)15(16)18/h4-8,17H,3,9H2,1-2H3,(H2,16,18). The van der Waals surface area contributed by atoms with Crippen LogP contribution in [0, 0.1) is 0 Å². The van der Waals surface area contributed by atoms with E-state index in [-0.39, 0.29) is 0 Å². The maximum atomic E-state index is 5.87. The van der Waals surface area contributed by atoms with Crippen molar-refractivity contribution in [3.63, 3.8) is 0 Å². The van der Waals surface area contributed by atoms with E-state index in [2.05, 4.69) is 24.4 Å². The zero-order valence-corrected chi connectivity index (χ0v) is 14.1. The van der Waals surface area contributed by atoms with Crippen LogP contribution in [0.5, 0.6) is 0 Å². The molecule has 0 saturated carbocycles. The van der Waals surface area contributed by atoms with Gasteiger partial charge in [-0.05, 0) is 36.9 Å². The lowest BCUT2D eigenvalue weighted by Crippen LogP contribution is -2.14. The molecule has 3 N–H and O–H groups in total. The first kappa shape index (κ1) is 15.4. The number of thiophene rings is 1. The zero-order valence-electron chi connectivity index (χ0n) is 11.6. The smallest absolute Gasteiger partial charge is 0.107 e. The molecule has 0 atom stereocenters. The fourth-order valence-electron chi connectivity index (χ4n) is 1.99. The van der Waals surface area contributed by atoms with Crippen LogP contribution in [0.15, 0.2) is 35.2 Å². The summed E-state index contributed by atoms with van der Waals surface area (Å²) < 4.78 is 0. The highest BCUT2D eigenvalue weighted by molar-refractivity contribution is 7.98. The number of nitrogens with two attached hydrogens (primary N) is 1. The lowest BCUT2D eigenvalue weighted by atomic mass is 10.1. The molecule has 1 aromatic heterocycles. The van der Waals surface area contributed by atoms with Gasteiger partial charge in [0, 0.05) is 32.4 Å². The van der Waals surface area contributed by atoms with Gasteiger partial charge in [-0.1, -0.05) is 25.2 Å². The third-order valence-corrected chi connectivity index (χ3v) is 5.23. The number of benzene rings is 1. The van der Waals surface area contributed by atoms with E-state index in [0.717, 1.165) is 29.1 Å². The molecule has 1 aromatic carbocycles. The summed E-state index contributed by atoms with van der Waals surface area (Å²) in [7, 11) is 0. The van der Waals surface area contributed by atoms with E-state index in [1.807, 2.05) is 35.8 Å². The Bertz CT molecular complexity index is 605. The van der Waals surface area contributed by atoms with E-state index in [9.17, 15) is 0 Å². The fourth-order valence-corrected chi connectivity index (χ4v) is 3.81. The number of hydrogen-bond acceptors (Lipinski definition) is 4. The SMILES string of the molecule is CCc1ccc(CNc2cccc(SC)c2C(N)=S)s1. The van der Waals surface area contributed by atoms with Crippen molar-refractivity contribution in [2.45, 2.75) is 24.8 Å². The van der Waals surface area contributed by atoms with E-state index in [4.69, 9.17) is 18.0 Å². The molecule has 20 heavy (non-hydrogen) atoms. The molecule has 0 amide bonds. The lowest BCUT2D eigenvalue weighted by Gasteiger charge is -2.13. The summed E-state index contributed by atoms with van der Waals surface area (Å²) in [6.07, 6.45) is 3.12. The monoisotopic (exact) mass is 322 g/mol. The van der Waals surface area contributed by atoms with Gasteiger partial charge in [0.15, 0.2) is 0 Å². The number of thiocarbonyl (C=S) groups is 1. The first-order chi connectivity index (χ1) is 9.65. The molecule has 0 radical (unpaired) electrons. The number of thioether (sulfide) groups is 1. The van der Waals surface area contributed by atoms with Crippen LogP contribution in [-0.2, 0) is 13.0 Å². The van der Waals surface area contributed by atoms with Crippen molar-refractivity contribution in [3.8, 4) is 0 Å². The second-order valence-corrected chi connectivity index (χ2v) is 6.86. The van der Waals surface area contributed by atoms with Gasteiger partial charge in [0.2, 0.25) is 0 Å². The Morgan fingerprint density at radius 1 is 1.30 bits per heavy atom. The minimum Gasteiger partial charge on any atom is -0.389 e. The second kappa shape index (κ2) is 7.11. The van der Waals surface area contributed by atoms with Gasteiger partial charge in [0.1, 0.15) is 4.99 Å².